The Bertz CT molecular complexity index is 712. The molecule has 3 heteroatoms. The molecule has 154 valence electrons. The number of benzene rings is 1. The molecule has 5 atom stereocenters. The molecule has 0 heterocycles. The van der Waals surface area contributed by atoms with Gasteiger partial charge < -0.3 is 9.84 Å². The molecule has 1 aromatic rings. The first-order valence-electron chi connectivity index (χ1n) is 11.5. The zero-order valence-electron chi connectivity index (χ0n) is 17.6. The maximum Gasteiger partial charge on any atom is 0.306 e. The van der Waals surface area contributed by atoms with E-state index in [9.17, 15) is 9.90 Å². The van der Waals surface area contributed by atoms with Crippen molar-refractivity contribution in [2.24, 2.45) is 17.3 Å². The number of hydrogen-bond acceptors (Lipinski definition) is 3. The molecule has 2 saturated carbocycles. The van der Waals surface area contributed by atoms with Gasteiger partial charge in [-0.3, -0.25) is 4.79 Å². The molecule has 0 spiro atoms. The van der Waals surface area contributed by atoms with Crippen molar-refractivity contribution < 1.29 is 14.6 Å². The Morgan fingerprint density at radius 1 is 1.18 bits per heavy atom. The van der Waals surface area contributed by atoms with Gasteiger partial charge >= 0.3 is 5.97 Å². The molecule has 1 N–H and O–H groups in total. The van der Waals surface area contributed by atoms with Crippen molar-refractivity contribution in [1.82, 2.24) is 0 Å². The third kappa shape index (κ3) is 3.57. The number of rotatable bonds is 6. The minimum atomic E-state index is 0.0227. The fourth-order valence-corrected chi connectivity index (χ4v) is 6.63. The van der Waals surface area contributed by atoms with Crippen LogP contribution in [0.5, 0.6) is 5.75 Å². The van der Waals surface area contributed by atoms with Crippen LogP contribution in [0.3, 0.4) is 0 Å². The lowest BCUT2D eigenvalue weighted by Gasteiger charge is -2.50. The number of fused-ring (bicyclic) bond motifs is 5. The van der Waals surface area contributed by atoms with Gasteiger partial charge in [-0.15, -0.1) is 0 Å². The first kappa shape index (κ1) is 19.8. The van der Waals surface area contributed by atoms with Crippen molar-refractivity contribution in [2.75, 3.05) is 0 Å². The van der Waals surface area contributed by atoms with Gasteiger partial charge in [0, 0.05) is 11.8 Å². The number of carbonyl (C=O) groups is 1. The standard InChI is InChI=1S/C25H36O3/c1-3-4-5-6-7-24(27)28-23-13-12-22-21-10-8-17-16-18(26)9-11-19(17)20(21)14-15-25(22,23)2/h9,11,16,20-23,26H,3-8,10,12-15H2,1-2H3/t20-,21-,22+,23+,25+/m0/s1. The second-order valence-corrected chi connectivity index (χ2v) is 9.71. The molecular weight excluding hydrogens is 348 g/mol. The monoisotopic (exact) mass is 384 g/mol. The normalized spacial score (nSPS) is 33.6. The summed E-state index contributed by atoms with van der Waals surface area (Å²) < 4.78 is 6.06. The second kappa shape index (κ2) is 8.08. The van der Waals surface area contributed by atoms with Gasteiger partial charge in [0.2, 0.25) is 0 Å². The molecule has 4 rings (SSSR count). The molecule has 2 fully saturated rings. The summed E-state index contributed by atoms with van der Waals surface area (Å²) in [4.78, 5) is 12.4. The SMILES string of the molecule is CCCCCCC(=O)O[C@@H]1CC[C@@H]2[C@H]3CCc4cc(O)ccc4[C@@H]3CC[C@]21C. The van der Waals surface area contributed by atoms with Crippen molar-refractivity contribution in [3.8, 4) is 5.75 Å². The van der Waals surface area contributed by atoms with Crippen LogP contribution < -0.4 is 0 Å². The van der Waals surface area contributed by atoms with E-state index in [-0.39, 0.29) is 17.5 Å². The zero-order chi connectivity index (χ0) is 19.7. The second-order valence-electron chi connectivity index (χ2n) is 9.71. The first-order valence-corrected chi connectivity index (χ1v) is 11.5. The van der Waals surface area contributed by atoms with Crippen molar-refractivity contribution in [1.29, 1.82) is 0 Å². The van der Waals surface area contributed by atoms with Gasteiger partial charge in [0.1, 0.15) is 11.9 Å². The van der Waals surface area contributed by atoms with E-state index < -0.39 is 0 Å². The van der Waals surface area contributed by atoms with E-state index in [1.165, 1.54) is 43.2 Å². The van der Waals surface area contributed by atoms with Gasteiger partial charge in [-0.25, -0.2) is 0 Å². The number of phenolic OH excluding ortho intramolecular Hbond substituents is 1. The van der Waals surface area contributed by atoms with Crippen LogP contribution in [0.15, 0.2) is 18.2 Å². The van der Waals surface area contributed by atoms with Crippen molar-refractivity contribution in [2.45, 2.75) is 96.5 Å². The summed E-state index contributed by atoms with van der Waals surface area (Å²) in [6.07, 6.45) is 12.0. The zero-order valence-corrected chi connectivity index (χ0v) is 17.6. The predicted molar refractivity (Wildman–Crippen MR) is 111 cm³/mol. The van der Waals surface area contributed by atoms with Crippen molar-refractivity contribution in [3.05, 3.63) is 29.3 Å². The lowest BCUT2D eigenvalue weighted by Crippen LogP contribution is -2.45. The van der Waals surface area contributed by atoms with E-state index >= 15 is 0 Å². The summed E-state index contributed by atoms with van der Waals surface area (Å²) in [5.74, 6) is 2.39. The van der Waals surface area contributed by atoms with Crippen LogP contribution in [-0.4, -0.2) is 17.2 Å². The maximum absolute atomic E-state index is 12.4. The van der Waals surface area contributed by atoms with E-state index in [2.05, 4.69) is 19.9 Å². The van der Waals surface area contributed by atoms with Gasteiger partial charge in [-0.2, -0.15) is 0 Å². The third-order valence-corrected chi connectivity index (χ3v) is 8.13. The highest BCUT2D eigenvalue weighted by molar-refractivity contribution is 5.69. The number of esters is 1. The highest BCUT2D eigenvalue weighted by Gasteiger charge is 2.56. The molecule has 0 aliphatic heterocycles. The quantitative estimate of drug-likeness (QED) is 0.474. The third-order valence-electron chi connectivity index (χ3n) is 8.13. The summed E-state index contributed by atoms with van der Waals surface area (Å²) in [5, 5.41) is 9.84. The fraction of sp³-hybridized carbons (Fsp3) is 0.720. The number of unbranched alkanes of at least 4 members (excludes halogenated alkanes) is 3. The van der Waals surface area contributed by atoms with Crippen molar-refractivity contribution >= 4 is 5.97 Å². The van der Waals surface area contributed by atoms with E-state index in [0.29, 0.717) is 29.9 Å². The summed E-state index contributed by atoms with van der Waals surface area (Å²) in [7, 11) is 0. The van der Waals surface area contributed by atoms with Gasteiger partial charge in [0.25, 0.3) is 0 Å². The molecule has 3 aliphatic rings. The van der Waals surface area contributed by atoms with Crippen LogP contribution in [0.1, 0.15) is 95.1 Å². The summed E-state index contributed by atoms with van der Waals surface area (Å²) in [6, 6.07) is 5.98. The molecule has 3 aliphatic carbocycles. The summed E-state index contributed by atoms with van der Waals surface area (Å²) in [5.41, 5.74) is 2.96. The minimum Gasteiger partial charge on any atom is -0.508 e. The average Bonchev–Trinajstić information content (AvgIpc) is 3.01. The molecule has 0 unspecified atom stereocenters. The van der Waals surface area contributed by atoms with Crippen LogP contribution in [0.4, 0.5) is 0 Å². The Morgan fingerprint density at radius 2 is 2.04 bits per heavy atom. The average molecular weight is 385 g/mol. The van der Waals surface area contributed by atoms with Crippen LogP contribution in [0.2, 0.25) is 0 Å². The van der Waals surface area contributed by atoms with Gasteiger partial charge in [0.05, 0.1) is 0 Å². The number of aromatic hydroxyl groups is 1. The van der Waals surface area contributed by atoms with E-state index in [1.54, 1.807) is 0 Å². The maximum atomic E-state index is 12.4. The highest BCUT2D eigenvalue weighted by Crippen LogP contribution is 2.61. The topological polar surface area (TPSA) is 46.5 Å². The lowest BCUT2D eigenvalue weighted by atomic mass is 9.55. The molecule has 3 nitrogen and oxygen atoms in total. The molecule has 28 heavy (non-hydrogen) atoms. The van der Waals surface area contributed by atoms with E-state index in [0.717, 1.165) is 32.1 Å². The molecular formula is C25H36O3. The van der Waals surface area contributed by atoms with Crippen LogP contribution in [-0.2, 0) is 16.0 Å². The largest absolute Gasteiger partial charge is 0.508 e. The smallest absolute Gasteiger partial charge is 0.306 e. The summed E-state index contributed by atoms with van der Waals surface area (Å²) in [6.45, 7) is 4.59. The Morgan fingerprint density at radius 3 is 2.86 bits per heavy atom. The van der Waals surface area contributed by atoms with Crippen LogP contribution >= 0.6 is 0 Å². The van der Waals surface area contributed by atoms with Crippen LogP contribution in [0.25, 0.3) is 0 Å². The number of phenols is 1. The Kier molecular flexibility index (Phi) is 5.71. The molecule has 0 amide bonds. The predicted octanol–water partition coefficient (Wildman–Crippen LogP) is 6.13. The Hall–Kier alpha value is -1.51. The first-order chi connectivity index (χ1) is 13.5. The molecule has 0 saturated heterocycles. The van der Waals surface area contributed by atoms with E-state index in [4.69, 9.17) is 4.74 Å². The molecule has 0 radical (unpaired) electrons. The number of aryl methyl sites for hydroxylation is 1. The fourth-order valence-electron chi connectivity index (χ4n) is 6.63. The van der Waals surface area contributed by atoms with Gasteiger partial charge in [0.15, 0.2) is 0 Å². The van der Waals surface area contributed by atoms with E-state index in [1.807, 2.05) is 12.1 Å². The van der Waals surface area contributed by atoms with Crippen LogP contribution in [0, 0.1) is 17.3 Å². The summed E-state index contributed by atoms with van der Waals surface area (Å²) >= 11 is 0. The van der Waals surface area contributed by atoms with Gasteiger partial charge in [-0.05, 0) is 86.0 Å². The molecule has 1 aromatic carbocycles. The molecule has 0 aromatic heterocycles. The molecule has 0 bridgehead atoms. The highest BCUT2D eigenvalue weighted by atomic mass is 16.5. The Labute approximate surface area is 169 Å². The van der Waals surface area contributed by atoms with Gasteiger partial charge in [-0.1, -0.05) is 39.2 Å². The number of carbonyl (C=O) groups excluding carboxylic acids is 1. The Balaban J connectivity index is 1.42. The lowest BCUT2D eigenvalue weighted by molar-refractivity contribution is -0.157. The minimum absolute atomic E-state index is 0.0227. The number of ether oxygens (including phenoxy) is 1. The number of hydrogen-bond donors (Lipinski definition) is 1. The van der Waals surface area contributed by atoms with Crippen molar-refractivity contribution in [3.63, 3.8) is 0 Å².